The highest BCUT2D eigenvalue weighted by Gasteiger charge is 2.29. The molecule has 6 rings (SSSR count). The van der Waals surface area contributed by atoms with Crippen LogP contribution in [-0.2, 0) is 0 Å². The van der Waals surface area contributed by atoms with Gasteiger partial charge in [0.05, 0.1) is 43.8 Å². The minimum atomic E-state index is -1.06. The lowest BCUT2D eigenvalue weighted by atomic mass is 9.88. The van der Waals surface area contributed by atoms with Crippen molar-refractivity contribution in [2.45, 2.75) is 0 Å². The molecule has 2 N–H and O–H groups in total. The predicted octanol–water partition coefficient (Wildman–Crippen LogP) is -0.394. The van der Waals surface area contributed by atoms with Crippen molar-refractivity contribution >= 4 is 32.3 Å². The second-order valence-electron chi connectivity index (χ2n) is 5.76. The summed E-state index contributed by atoms with van der Waals surface area (Å²) in [7, 11) is 0. The van der Waals surface area contributed by atoms with Crippen molar-refractivity contribution in [1.82, 2.24) is 9.97 Å². The average Bonchev–Trinajstić information content (AvgIpc) is 2.96. The Morgan fingerprint density at radius 2 is 0.643 bits per heavy atom. The molecule has 10 nitrogen and oxygen atoms in total. The summed E-state index contributed by atoms with van der Waals surface area (Å²) in [6, 6.07) is 6.69. The van der Waals surface area contributed by atoms with Crippen LogP contribution in [0.5, 0.6) is 0 Å². The van der Waals surface area contributed by atoms with Crippen LogP contribution in [0.4, 0.5) is 0 Å². The molecule has 28 heavy (non-hydrogen) atoms. The summed E-state index contributed by atoms with van der Waals surface area (Å²) in [6.45, 7) is 0. The molecule has 0 saturated heterocycles. The van der Waals surface area contributed by atoms with Gasteiger partial charge in [-0.1, -0.05) is 0 Å². The SMILES string of the molecule is N#Cc1c(C#N)c2c(=O)[nH]c(=O)c1c1c3c(C#N)c(C#N)c(c(=O)[nH]c3=O)c21. The molecule has 0 atom stereocenters. The van der Waals surface area contributed by atoms with Crippen molar-refractivity contribution in [1.29, 1.82) is 21.0 Å². The summed E-state index contributed by atoms with van der Waals surface area (Å²) < 4.78 is 0. The zero-order valence-corrected chi connectivity index (χ0v) is 13.4. The van der Waals surface area contributed by atoms with Crippen LogP contribution in [0, 0.1) is 45.3 Å². The quantitative estimate of drug-likeness (QED) is 0.419. The number of H-pyrrole nitrogens is 2. The fourth-order valence-electron chi connectivity index (χ4n) is 3.56. The molecule has 0 amide bonds. The van der Waals surface area contributed by atoms with Crippen molar-refractivity contribution in [3.05, 3.63) is 63.7 Å². The largest absolute Gasteiger partial charge is 0.288 e. The molecule has 4 aromatic heterocycles. The van der Waals surface area contributed by atoms with E-state index in [2.05, 4.69) is 0 Å². The maximum Gasteiger partial charge on any atom is 0.260 e. The van der Waals surface area contributed by atoms with E-state index < -0.39 is 66.0 Å². The number of hydrogen-bond acceptors (Lipinski definition) is 8. The van der Waals surface area contributed by atoms with Crippen LogP contribution < -0.4 is 22.2 Å². The highest BCUT2D eigenvalue weighted by Crippen LogP contribution is 2.36. The maximum atomic E-state index is 12.6. The van der Waals surface area contributed by atoms with E-state index in [1.165, 1.54) is 0 Å². The van der Waals surface area contributed by atoms with Crippen LogP contribution in [0.1, 0.15) is 22.3 Å². The number of nitrogens with zero attached hydrogens (tertiary/aromatic N) is 4. The minimum absolute atomic E-state index is 0.289. The number of nitrogens with one attached hydrogen (secondary N) is 2. The second kappa shape index (κ2) is 5.22. The lowest BCUT2D eigenvalue weighted by molar-refractivity contribution is 1.23. The zero-order valence-electron chi connectivity index (χ0n) is 13.4. The van der Waals surface area contributed by atoms with E-state index in [0.717, 1.165) is 0 Å². The Morgan fingerprint density at radius 3 is 0.821 bits per heavy atom. The molecular formula is C18H2N6O4. The highest BCUT2D eigenvalue weighted by atomic mass is 16.2. The monoisotopic (exact) mass is 366 g/mol. The molecule has 0 spiro atoms. The first-order valence-corrected chi connectivity index (χ1v) is 7.46. The van der Waals surface area contributed by atoms with Gasteiger partial charge in [0.1, 0.15) is 24.3 Å². The Kier molecular flexibility index (Phi) is 3.06. The van der Waals surface area contributed by atoms with Crippen molar-refractivity contribution < 1.29 is 0 Å². The van der Waals surface area contributed by atoms with Gasteiger partial charge in [-0.3, -0.25) is 29.1 Å². The lowest BCUT2D eigenvalue weighted by Gasteiger charge is -2.08. The van der Waals surface area contributed by atoms with Crippen LogP contribution in [0.25, 0.3) is 32.3 Å². The van der Waals surface area contributed by atoms with Gasteiger partial charge in [0.2, 0.25) is 0 Å². The van der Waals surface area contributed by atoms with Gasteiger partial charge in [0.25, 0.3) is 22.2 Å². The Balaban J connectivity index is 2.82. The highest BCUT2D eigenvalue weighted by molar-refractivity contribution is 6.27. The molecule has 0 radical (unpaired) electrons. The first-order valence-electron chi connectivity index (χ1n) is 7.46. The third-order valence-corrected chi connectivity index (χ3v) is 4.56. The number of fused-ring (bicyclic) bond motifs is 6. The summed E-state index contributed by atoms with van der Waals surface area (Å²) in [5.41, 5.74) is -6.10. The molecule has 10 heteroatoms. The zero-order chi connectivity index (χ0) is 20.3. The van der Waals surface area contributed by atoms with E-state index in [4.69, 9.17) is 0 Å². The topological polar surface area (TPSA) is 195 Å². The minimum Gasteiger partial charge on any atom is -0.288 e. The van der Waals surface area contributed by atoms with Gasteiger partial charge in [-0.05, 0) is 0 Å². The fraction of sp³-hybridized carbons (Fsp3) is 0. The van der Waals surface area contributed by atoms with E-state index >= 15 is 0 Å². The molecule has 2 aromatic carbocycles. The van der Waals surface area contributed by atoms with Gasteiger partial charge in [-0.2, -0.15) is 21.0 Å². The molecule has 128 valence electrons. The van der Waals surface area contributed by atoms with Crippen LogP contribution in [0.3, 0.4) is 0 Å². The predicted molar refractivity (Wildman–Crippen MR) is 94.0 cm³/mol. The fourth-order valence-corrected chi connectivity index (χ4v) is 3.56. The van der Waals surface area contributed by atoms with E-state index in [9.17, 15) is 40.2 Å². The molecule has 0 fully saturated rings. The van der Waals surface area contributed by atoms with Crippen LogP contribution >= 0.6 is 0 Å². The number of benzene rings is 2. The summed E-state index contributed by atoms with van der Waals surface area (Å²) >= 11 is 0. The Morgan fingerprint density at radius 1 is 0.429 bits per heavy atom. The first kappa shape index (κ1) is 16.4. The van der Waals surface area contributed by atoms with Gasteiger partial charge in [-0.25, -0.2) is 0 Å². The number of aromatic amines is 2. The molecular weight excluding hydrogens is 364 g/mol. The van der Waals surface area contributed by atoms with E-state index in [1.807, 2.05) is 9.97 Å². The smallest absolute Gasteiger partial charge is 0.260 e. The number of nitriles is 4. The van der Waals surface area contributed by atoms with Crippen LogP contribution in [0.2, 0.25) is 0 Å². The summed E-state index contributed by atoms with van der Waals surface area (Å²) in [5, 5.41) is 35.5. The molecule has 0 unspecified atom stereocenters. The summed E-state index contributed by atoms with van der Waals surface area (Å²) in [4.78, 5) is 54.3. The Labute approximate surface area is 152 Å². The van der Waals surface area contributed by atoms with Gasteiger partial charge in [0, 0.05) is 10.8 Å². The second-order valence-corrected chi connectivity index (χ2v) is 5.76. The third kappa shape index (κ3) is 1.65. The van der Waals surface area contributed by atoms with E-state index in [-0.39, 0.29) is 10.8 Å². The molecule has 4 bridgehead atoms. The van der Waals surface area contributed by atoms with Crippen LogP contribution in [-0.4, -0.2) is 9.97 Å². The van der Waals surface area contributed by atoms with Gasteiger partial charge in [-0.15, -0.1) is 0 Å². The van der Waals surface area contributed by atoms with Crippen molar-refractivity contribution in [3.8, 4) is 24.3 Å². The normalized spacial score (nSPS) is 10.6. The van der Waals surface area contributed by atoms with E-state index in [0.29, 0.717) is 0 Å². The molecule has 0 saturated carbocycles. The third-order valence-electron chi connectivity index (χ3n) is 4.56. The Bertz CT molecular complexity index is 1530. The number of aromatic nitrogens is 2. The lowest BCUT2D eigenvalue weighted by Crippen LogP contribution is -2.14. The average molecular weight is 366 g/mol. The standard InChI is InChI=1S/C18H2N6O4/c19-1-5-6(2-20)10-14-12-8(4-22)7(3-21)11(17(27)24-18(12)28)13(14)9(5)15(25)23-16(10)26/h(H,23,25,26)(H,24,27,28). The summed E-state index contributed by atoms with van der Waals surface area (Å²) in [6.07, 6.45) is 0. The van der Waals surface area contributed by atoms with Gasteiger partial charge < -0.3 is 0 Å². The summed E-state index contributed by atoms with van der Waals surface area (Å²) in [5.74, 6) is 0. The molecule has 0 aliphatic heterocycles. The van der Waals surface area contributed by atoms with E-state index in [1.54, 1.807) is 24.3 Å². The van der Waals surface area contributed by atoms with Gasteiger partial charge in [0.15, 0.2) is 0 Å². The molecule has 0 aliphatic rings. The van der Waals surface area contributed by atoms with Crippen molar-refractivity contribution in [2.75, 3.05) is 0 Å². The first-order chi connectivity index (χ1) is 13.4. The molecule has 4 heterocycles. The molecule has 0 aliphatic carbocycles. The van der Waals surface area contributed by atoms with Crippen molar-refractivity contribution in [2.24, 2.45) is 0 Å². The Hall–Kier alpha value is -5.06. The molecule has 6 aromatic rings. The van der Waals surface area contributed by atoms with Crippen LogP contribution in [0.15, 0.2) is 19.2 Å². The maximum absolute atomic E-state index is 12.6. The number of rotatable bonds is 0. The van der Waals surface area contributed by atoms with Crippen molar-refractivity contribution in [3.63, 3.8) is 0 Å². The van der Waals surface area contributed by atoms with Gasteiger partial charge >= 0.3 is 0 Å². The number of hydrogen-bond donors (Lipinski definition) is 2.